The van der Waals surface area contributed by atoms with Crippen LogP contribution in [0.15, 0.2) is 0 Å². The highest BCUT2D eigenvalue weighted by Gasteiger charge is 2.25. The summed E-state index contributed by atoms with van der Waals surface area (Å²) in [4.78, 5) is 0. The van der Waals surface area contributed by atoms with Crippen LogP contribution in [0, 0.1) is 5.92 Å². The standard InChI is InChI=1S/C10H21NO2/c1-3-8(2)11-10(6-12)9-4-5-13-7-9/h8-12H,3-7H2,1-2H3. The van der Waals surface area contributed by atoms with E-state index in [9.17, 15) is 5.11 Å². The van der Waals surface area contributed by atoms with Gasteiger partial charge in [-0.15, -0.1) is 0 Å². The minimum Gasteiger partial charge on any atom is -0.395 e. The first-order valence-corrected chi connectivity index (χ1v) is 5.22. The monoisotopic (exact) mass is 187 g/mol. The Kier molecular flexibility index (Phi) is 4.70. The number of rotatable bonds is 5. The minimum absolute atomic E-state index is 0.220. The highest BCUT2D eigenvalue weighted by molar-refractivity contribution is 4.80. The Morgan fingerprint density at radius 1 is 1.62 bits per heavy atom. The van der Waals surface area contributed by atoms with Gasteiger partial charge in [0.25, 0.3) is 0 Å². The van der Waals surface area contributed by atoms with E-state index >= 15 is 0 Å². The lowest BCUT2D eigenvalue weighted by molar-refractivity contribution is 0.149. The summed E-state index contributed by atoms with van der Waals surface area (Å²) in [7, 11) is 0. The molecule has 0 amide bonds. The van der Waals surface area contributed by atoms with Crippen LogP contribution in [0.25, 0.3) is 0 Å². The van der Waals surface area contributed by atoms with Crippen molar-refractivity contribution in [3.8, 4) is 0 Å². The van der Waals surface area contributed by atoms with Crippen LogP contribution in [0.5, 0.6) is 0 Å². The fraction of sp³-hybridized carbons (Fsp3) is 1.00. The molecule has 0 aliphatic carbocycles. The molecule has 0 bridgehead atoms. The van der Waals surface area contributed by atoms with Gasteiger partial charge in [-0.2, -0.15) is 0 Å². The second-order valence-corrected chi connectivity index (χ2v) is 3.89. The fourth-order valence-corrected chi connectivity index (χ4v) is 1.69. The zero-order chi connectivity index (χ0) is 9.68. The molecule has 3 unspecified atom stereocenters. The van der Waals surface area contributed by atoms with Gasteiger partial charge in [0.05, 0.1) is 13.2 Å². The first-order chi connectivity index (χ1) is 6.27. The summed E-state index contributed by atoms with van der Waals surface area (Å²) < 4.78 is 5.30. The van der Waals surface area contributed by atoms with Crippen molar-refractivity contribution >= 4 is 0 Å². The summed E-state index contributed by atoms with van der Waals surface area (Å²) in [6.07, 6.45) is 2.18. The zero-order valence-corrected chi connectivity index (χ0v) is 8.62. The summed E-state index contributed by atoms with van der Waals surface area (Å²) in [5.74, 6) is 0.499. The summed E-state index contributed by atoms with van der Waals surface area (Å²) in [6, 6.07) is 0.704. The molecule has 3 atom stereocenters. The average molecular weight is 187 g/mol. The lowest BCUT2D eigenvalue weighted by Crippen LogP contribution is -2.44. The van der Waals surface area contributed by atoms with Gasteiger partial charge in [-0.05, 0) is 19.8 Å². The van der Waals surface area contributed by atoms with Crippen molar-refractivity contribution in [1.82, 2.24) is 5.32 Å². The predicted octanol–water partition coefficient (Wildman–Crippen LogP) is 0.772. The third kappa shape index (κ3) is 3.25. The van der Waals surface area contributed by atoms with Crippen LogP contribution >= 0.6 is 0 Å². The zero-order valence-electron chi connectivity index (χ0n) is 8.62. The minimum atomic E-state index is 0.220. The van der Waals surface area contributed by atoms with Crippen LogP contribution in [0.2, 0.25) is 0 Å². The van der Waals surface area contributed by atoms with Gasteiger partial charge < -0.3 is 15.2 Å². The van der Waals surface area contributed by atoms with Crippen LogP contribution in [-0.4, -0.2) is 37.0 Å². The smallest absolute Gasteiger partial charge is 0.0588 e. The molecule has 0 saturated carbocycles. The number of hydrogen-bond acceptors (Lipinski definition) is 3. The maximum atomic E-state index is 9.21. The average Bonchev–Trinajstić information content (AvgIpc) is 2.66. The maximum absolute atomic E-state index is 9.21. The topological polar surface area (TPSA) is 41.5 Å². The van der Waals surface area contributed by atoms with E-state index in [0.717, 1.165) is 26.1 Å². The summed E-state index contributed by atoms with van der Waals surface area (Å²) >= 11 is 0. The number of aliphatic hydroxyl groups is 1. The highest BCUT2D eigenvalue weighted by atomic mass is 16.5. The predicted molar refractivity (Wildman–Crippen MR) is 52.7 cm³/mol. The van der Waals surface area contributed by atoms with Crippen molar-refractivity contribution in [2.75, 3.05) is 19.8 Å². The molecular weight excluding hydrogens is 166 g/mol. The van der Waals surface area contributed by atoms with E-state index in [1.807, 2.05) is 0 Å². The first kappa shape index (κ1) is 11.0. The Morgan fingerprint density at radius 2 is 2.38 bits per heavy atom. The Labute approximate surface area is 80.5 Å². The quantitative estimate of drug-likeness (QED) is 0.668. The van der Waals surface area contributed by atoms with Crippen molar-refractivity contribution in [3.63, 3.8) is 0 Å². The molecular formula is C10H21NO2. The first-order valence-electron chi connectivity index (χ1n) is 5.22. The van der Waals surface area contributed by atoms with Crippen LogP contribution in [-0.2, 0) is 4.74 Å². The molecule has 2 N–H and O–H groups in total. The van der Waals surface area contributed by atoms with Gasteiger partial charge in [-0.3, -0.25) is 0 Å². The number of nitrogens with one attached hydrogen (secondary N) is 1. The van der Waals surface area contributed by atoms with Crippen molar-refractivity contribution in [2.24, 2.45) is 5.92 Å². The van der Waals surface area contributed by atoms with Gasteiger partial charge in [-0.25, -0.2) is 0 Å². The Morgan fingerprint density at radius 3 is 2.85 bits per heavy atom. The molecule has 3 nitrogen and oxygen atoms in total. The summed E-state index contributed by atoms with van der Waals surface area (Å²) in [5.41, 5.74) is 0. The van der Waals surface area contributed by atoms with E-state index < -0.39 is 0 Å². The molecule has 1 saturated heterocycles. The van der Waals surface area contributed by atoms with Crippen molar-refractivity contribution in [3.05, 3.63) is 0 Å². The lowest BCUT2D eigenvalue weighted by atomic mass is 9.99. The molecule has 0 aromatic rings. The van der Waals surface area contributed by atoms with E-state index in [-0.39, 0.29) is 12.6 Å². The summed E-state index contributed by atoms with van der Waals surface area (Å²) in [5, 5.41) is 12.6. The van der Waals surface area contributed by atoms with Gasteiger partial charge in [0.1, 0.15) is 0 Å². The van der Waals surface area contributed by atoms with Crippen LogP contribution in [0.1, 0.15) is 26.7 Å². The third-order valence-electron chi connectivity index (χ3n) is 2.84. The molecule has 1 fully saturated rings. The van der Waals surface area contributed by atoms with E-state index in [4.69, 9.17) is 4.74 Å². The molecule has 78 valence electrons. The molecule has 3 heteroatoms. The normalized spacial score (nSPS) is 27.5. The largest absolute Gasteiger partial charge is 0.395 e. The number of hydrogen-bond donors (Lipinski definition) is 2. The van der Waals surface area contributed by atoms with Crippen LogP contribution in [0.3, 0.4) is 0 Å². The van der Waals surface area contributed by atoms with Gasteiger partial charge in [0.2, 0.25) is 0 Å². The van der Waals surface area contributed by atoms with E-state index in [0.29, 0.717) is 12.0 Å². The second kappa shape index (κ2) is 5.58. The molecule has 0 spiro atoms. The Bertz CT molecular complexity index is 135. The third-order valence-corrected chi connectivity index (χ3v) is 2.84. The maximum Gasteiger partial charge on any atom is 0.0588 e. The Hall–Kier alpha value is -0.120. The molecule has 0 radical (unpaired) electrons. The molecule has 1 heterocycles. The fourth-order valence-electron chi connectivity index (χ4n) is 1.69. The van der Waals surface area contributed by atoms with E-state index in [1.54, 1.807) is 0 Å². The van der Waals surface area contributed by atoms with Gasteiger partial charge in [0.15, 0.2) is 0 Å². The Balaban J connectivity index is 2.32. The highest BCUT2D eigenvalue weighted by Crippen LogP contribution is 2.17. The van der Waals surface area contributed by atoms with Crippen molar-refractivity contribution < 1.29 is 9.84 Å². The molecule has 0 aromatic carbocycles. The molecule has 1 aliphatic rings. The van der Waals surface area contributed by atoms with Gasteiger partial charge in [0, 0.05) is 24.6 Å². The van der Waals surface area contributed by atoms with Gasteiger partial charge in [-0.1, -0.05) is 6.92 Å². The molecule has 1 aliphatic heterocycles. The van der Waals surface area contributed by atoms with Gasteiger partial charge >= 0.3 is 0 Å². The summed E-state index contributed by atoms with van der Waals surface area (Å²) in [6.45, 7) is 6.17. The SMILES string of the molecule is CCC(C)NC(CO)C1CCOC1. The molecule has 13 heavy (non-hydrogen) atoms. The van der Waals surface area contributed by atoms with Crippen molar-refractivity contribution in [1.29, 1.82) is 0 Å². The number of ether oxygens (including phenoxy) is 1. The lowest BCUT2D eigenvalue weighted by Gasteiger charge is -2.25. The molecule has 0 aromatic heterocycles. The van der Waals surface area contributed by atoms with Crippen LogP contribution in [0.4, 0.5) is 0 Å². The van der Waals surface area contributed by atoms with Crippen molar-refractivity contribution in [2.45, 2.75) is 38.8 Å². The van der Waals surface area contributed by atoms with Crippen LogP contribution < -0.4 is 5.32 Å². The van der Waals surface area contributed by atoms with E-state index in [1.165, 1.54) is 0 Å². The van der Waals surface area contributed by atoms with E-state index in [2.05, 4.69) is 19.2 Å². The molecule has 1 rings (SSSR count). The number of aliphatic hydroxyl groups excluding tert-OH is 1. The second-order valence-electron chi connectivity index (χ2n) is 3.89.